The monoisotopic (exact) mass is 275 g/mol. The summed E-state index contributed by atoms with van der Waals surface area (Å²) < 4.78 is 5.60. The van der Waals surface area contributed by atoms with Gasteiger partial charge in [-0.25, -0.2) is 0 Å². The van der Waals surface area contributed by atoms with Crippen LogP contribution >= 0.6 is 0 Å². The molecule has 0 amide bonds. The number of carbonyl (C=O) groups excluding carboxylic acids is 1. The summed E-state index contributed by atoms with van der Waals surface area (Å²) in [7, 11) is -3.22. The molecule has 0 radical (unpaired) electrons. The van der Waals surface area contributed by atoms with E-state index in [0.29, 0.717) is 0 Å². The Morgan fingerprint density at radius 3 is 2.06 bits per heavy atom. The molecule has 0 bridgehead atoms. The Balaban J connectivity index is 4.51. The third kappa shape index (κ3) is 9.55. The zero-order valence-electron chi connectivity index (χ0n) is 12.5. The van der Waals surface area contributed by atoms with E-state index in [0.717, 1.165) is 19.3 Å². The Hall–Kier alpha value is -0.136. The molecule has 0 spiro atoms. The highest BCUT2D eigenvalue weighted by Crippen LogP contribution is 2.11. The molecule has 0 heterocycles. The highest BCUT2D eigenvalue weighted by atomic mass is 28.4. The van der Waals surface area contributed by atoms with Gasteiger partial charge in [0.25, 0.3) is 0 Å². The van der Waals surface area contributed by atoms with Crippen LogP contribution < -0.4 is 4.98 Å². The number of hydrogen-bond acceptors (Lipinski definition) is 3. The molecule has 0 aliphatic rings. The minimum absolute atomic E-state index is 0.0416. The summed E-state index contributed by atoms with van der Waals surface area (Å²) >= 11 is 0. The smallest absolute Gasteiger partial charge is 0.309 e. The van der Waals surface area contributed by atoms with Crippen molar-refractivity contribution < 1.29 is 9.22 Å². The molecule has 102 valence electrons. The molecule has 1 atom stereocenters. The molecule has 5 heteroatoms. The summed E-state index contributed by atoms with van der Waals surface area (Å²) in [4.78, 5) is 15.6. The lowest BCUT2D eigenvalue weighted by Gasteiger charge is -2.28. The van der Waals surface area contributed by atoms with E-state index in [2.05, 4.69) is 51.2 Å². The van der Waals surface area contributed by atoms with Crippen molar-refractivity contribution in [2.75, 3.05) is 0 Å². The van der Waals surface area contributed by atoms with Gasteiger partial charge in [0.1, 0.15) is 8.24 Å². The highest BCUT2D eigenvalue weighted by Gasteiger charge is 2.29. The van der Waals surface area contributed by atoms with Crippen molar-refractivity contribution in [3.63, 3.8) is 0 Å². The zero-order chi connectivity index (χ0) is 13.7. The fraction of sp³-hybridized carbons (Fsp3) is 0.917. The number of hydrogen-bond donors (Lipinski definition) is 1. The fourth-order valence-electron chi connectivity index (χ4n) is 1.55. The van der Waals surface area contributed by atoms with E-state index in [4.69, 9.17) is 4.43 Å². The van der Waals surface area contributed by atoms with Crippen LogP contribution in [-0.4, -0.2) is 28.6 Å². The predicted molar refractivity (Wildman–Crippen MR) is 79.2 cm³/mol. The van der Waals surface area contributed by atoms with Crippen molar-refractivity contribution in [3.8, 4) is 0 Å². The molecule has 17 heavy (non-hydrogen) atoms. The summed E-state index contributed by atoms with van der Waals surface area (Å²) in [5.41, 5.74) is 0. The van der Waals surface area contributed by atoms with Gasteiger partial charge in [-0.1, -0.05) is 39.4 Å². The molecule has 0 aromatic carbocycles. The van der Waals surface area contributed by atoms with Gasteiger partial charge in [0.15, 0.2) is 0 Å². The van der Waals surface area contributed by atoms with E-state index in [1.165, 1.54) is 0 Å². The number of nitrogens with one attached hydrogen (secondary N) is 1. The molecule has 0 fully saturated rings. The van der Waals surface area contributed by atoms with Crippen LogP contribution in [0.1, 0.15) is 26.2 Å². The molecule has 0 aromatic rings. The molecule has 3 nitrogen and oxygen atoms in total. The maximum absolute atomic E-state index is 12.1. The molecule has 0 unspecified atom stereocenters. The molecular formula is C12H29NO2Si2. The summed E-state index contributed by atoms with van der Waals surface area (Å²) in [6.45, 7) is 15.0. The van der Waals surface area contributed by atoms with E-state index in [-0.39, 0.29) is 12.0 Å². The van der Waals surface area contributed by atoms with E-state index in [1.807, 2.05) is 0 Å². The Kier molecular flexibility index (Phi) is 6.65. The fourth-order valence-corrected chi connectivity index (χ4v) is 3.61. The lowest BCUT2D eigenvalue weighted by molar-refractivity contribution is -0.137. The van der Waals surface area contributed by atoms with Gasteiger partial charge in [-0.15, -0.1) is 0 Å². The Morgan fingerprint density at radius 2 is 1.71 bits per heavy atom. The van der Waals surface area contributed by atoms with E-state index < -0.39 is 16.6 Å². The summed E-state index contributed by atoms with van der Waals surface area (Å²) in [6.07, 6.45) is 3.08. The molecule has 0 aliphatic heterocycles. The number of carbonyl (C=O) groups is 1. The lowest BCUT2D eigenvalue weighted by atomic mass is 10.1. The number of unbranched alkanes of at least 4 members (excludes halogenated alkanes) is 1. The van der Waals surface area contributed by atoms with Crippen LogP contribution in [0.25, 0.3) is 0 Å². The molecule has 0 rings (SSSR count). The molecule has 0 saturated carbocycles. The predicted octanol–water partition coefficient (Wildman–Crippen LogP) is 3.35. The van der Waals surface area contributed by atoms with E-state index in [1.54, 1.807) is 0 Å². The third-order valence-electron chi connectivity index (χ3n) is 2.14. The minimum Gasteiger partial charge on any atom is -0.519 e. The van der Waals surface area contributed by atoms with Crippen molar-refractivity contribution in [1.82, 2.24) is 4.98 Å². The maximum Gasteiger partial charge on any atom is 0.309 e. The van der Waals surface area contributed by atoms with Gasteiger partial charge >= 0.3 is 5.97 Å². The minimum atomic E-state index is -1.77. The molecule has 1 N–H and O–H groups in total. The van der Waals surface area contributed by atoms with Gasteiger partial charge < -0.3 is 9.41 Å². The van der Waals surface area contributed by atoms with Gasteiger partial charge in [0, 0.05) is 0 Å². The second-order valence-electron chi connectivity index (χ2n) is 6.62. The van der Waals surface area contributed by atoms with Crippen molar-refractivity contribution in [3.05, 3.63) is 0 Å². The first-order valence-corrected chi connectivity index (χ1v) is 13.5. The molecule has 0 aromatic heterocycles. The first-order chi connectivity index (χ1) is 7.55. The molecule has 0 aliphatic carbocycles. The van der Waals surface area contributed by atoms with Crippen LogP contribution in [0.2, 0.25) is 39.3 Å². The third-order valence-corrected chi connectivity index (χ3v) is 4.17. The van der Waals surface area contributed by atoms with Crippen molar-refractivity contribution in [2.45, 2.75) is 71.5 Å². The van der Waals surface area contributed by atoms with Crippen LogP contribution in [-0.2, 0) is 9.22 Å². The average molecular weight is 276 g/mol. The van der Waals surface area contributed by atoms with Gasteiger partial charge in [0.05, 0.1) is 6.04 Å². The zero-order valence-corrected chi connectivity index (χ0v) is 14.5. The Bertz CT molecular complexity index is 244. The largest absolute Gasteiger partial charge is 0.519 e. The lowest BCUT2D eigenvalue weighted by Crippen LogP contribution is -2.53. The first kappa shape index (κ1) is 16.9. The SMILES string of the molecule is CCCC[C@H](N[Si](C)(C)C)C(=O)O[Si](C)(C)C. The van der Waals surface area contributed by atoms with Gasteiger partial charge in [-0.05, 0) is 26.1 Å². The summed E-state index contributed by atoms with van der Waals surface area (Å²) in [5.74, 6) is -0.0416. The molecular weight excluding hydrogens is 246 g/mol. The van der Waals surface area contributed by atoms with Crippen LogP contribution in [0.15, 0.2) is 0 Å². The standard InChI is InChI=1S/C12H29NO2Si2/c1-8-9-10-11(13-16(2,3)4)12(14)15-17(5,6)7/h11,13H,8-10H2,1-7H3/t11-/m0/s1. The highest BCUT2D eigenvalue weighted by molar-refractivity contribution is 6.74. The van der Waals surface area contributed by atoms with Crippen LogP contribution in [0.4, 0.5) is 0 Å². The normalized spacial score (nSPS) is 14.5. The average Bonchev–Trinajstić information content (AvgIpc) is 2.07. The van der Waals surface area contributed by atoms with E-state index in [9.17, 15) is 4.79 Å². The van der Waals surface area contributed by atoms with E-state index >= 15 is 0 Å². The summed E-state index contributed by atoms with van der Waals surface area (Å²) in [5, 5.41) is 0. The Labute approximate surface area is 109 Å². The second-order valence-corrected chi connectivity index (χ2v) is 15.8. The first-order valence-electron chi connectivity index (χ1n) is 6.56. The van der Waals surface area contributed by atoms with Crippen molar-refractivity contribution in [1.29, 1.82) is 0 Å². The van der Waals surface area contributed by atoms with Gasteiger partial charge in [-0.3, -0.25) is 4.79 Å². The van der Waals surface area contributed by atoms with Gasteiger partial charge in [-0.2, -0.15) is 0 Å². The maximum atomic E-state index is 12.1. The van der Waals surface area contributed by atoms with Crippen molar-refractivity contribution >= 4 is 22.5 Å². The summed E-state index contributed by atoms with van der Waals surface area (Å²) in [6, 6.07) is -0.103. The van der Waals surface area contributed by atoms with Crippen molar-refractivity contribution in [2.24, 2.45) is 0 Å². The Morgan fingerprint density at radius 1 is 1.18 bits per heavy atom. The quantitative estimate of drug-likeness (QED) is 0.724. The topological polar surface area (TPSA) is 38.3 Å². The molecule has 0 saturated heterocycles. The second kappa shape index (κ2) is 6.70. The van der Waals surface area contributed by atoms with Gasteiger partial charge in [0.2, 0.25) is 8.32 Å². The van der Waals surface area contributed by atoms with Crippen LogP contribution in [0, 0.1) is 0 Å². The number of rotatable bonds is 7. The van der Waals surface area contributed by atoms with Crippen LogP contribution in [0.3, 0.4) is 0 Å². The van der Waals surface area contributed by atoms with Crippen LogP contribution in [0.5, 0.6) is 0 Å².